The second kappa shape index (κ2) is 13.9. The van der Waals surface area contributed by atoms with E-state index in [2.05, 4.69) is 97.1 Å². The highest BCUT2D eigenvalue weighted by molar-refractivity contribution is 6.12. The summed E-state index contributed by atoms with van der Waals surface area (Å²) in [5, 5.41) is 2.82. The first kappa shape index (κ1) is 35.1. The molecule has 0 fully saturated rings. The number of hydrogen-bond acceptors (Lipinski definition) is 7. The Hall–Kier alpha value is -8.68. The van der Waals surface area contributed by atoms with E-state index in [4.69, 9.17) is 33.2 Å². The zero-order valence-electron chi connectivity index (χ0n) is 33.5. The maximum atomic E-state index is 6.70. The fourth-order valence-electron chi connectivity index (χ4n) is 9.00. The number of furan rings is 3. The summed E-state index contributed by atoms with van der Waals surface area (Å²) in [6, 6.07) is 60.0. The van der Waals surface area contributed by atoms with Crippen molar-refractivity contribution in [3.8, 4) is 67.0 Å². The Labute approximate surface area is 359 Å². The lowest BCUT2D eigenvalue weighted by Crippen LogP contribution is -1.93. The van der Waals surface area contributed by atoms with Gasteiger partial charge in [-0.1, -0.05) is 109 Å². The summed E-state index contributed by atoms with van der Waals surface area (Å²) in [4.78, 5) is 20.0. The van der Waals surface area contributed by atoms with Crippen LogP contribution in [0.3, 0.4) is 0 Å². The van der Waals surface area contributed by atoms with Crippen molar-refractivity contribution >= 4 is 66.2 Å². The van der Waals surface area contributed by atoms with E-state index in [0.29, 0.717) is 28.1 Å². The van der Waals surface area contributed by atoms with Gasteiger partial charge < -0.3 is 13.3 Å². The number of pyridine rings is 4. The van der Waals surface area contributed by atoms with Crippen molar-refractivity contribution in [2.45, 2.75) is 0 Å². The number of hydrogen-bond donors (Lipinski definition) is 0. The van der Waals surface area contributed by atoms with Crippen LogP contribution in [0.4, 0.5) is 0 Å². The summed E-state index contributed by atoms with van der Waals surface area (Å²) in [7, 11) is 0. The van der Waals surface area contributed by atoms with Gasteiger partial charge in [0.15, 0.2) is 16.7 Å². The van der Waals surface area contributed by atoms with Crippen LogP contribution in [-0.2, 0) is 0 Å². The predicted octanol–water partition coefficient (Wildman–Crippen LogP) is 15.0. The molecule has 0 bridgehead atoms. The van der Waals surface area contributed by atoms with Crippen molar-refractivity contribution in [1.29, 1.82) is 0 Å². The van der Waals surface area contributed by atoms with Crippen LogP contribution >= 0.6 is 0 Å². The normalized spacial score (nSPS) is 11.8. The van der Waals surface area contributed by atoms with Gasteiger partial charge in [0, 0.05) is 51.4 Å². The molecular formula is C56H32N4O3. The largest absolute Gasteiger partial charge is 0.454 e. The second-order valence-corrected chi connectivity index (χ2v) is 15.8. The van der Waals surface area contributed by atoms with Crippen LogP contribution in [-0.4, -0.2) is 19.9 Å². The lowest BCUT2D eigenvalue weighted by molar-refractivity contribution is 0.669. The molecule has 0 aliphatic heterocycles. The number of fused-ring (bicyclic) bond motifs is 9. The van der Waals surface area contributed by atoms with Crippen LogP contribution < -0.4 is 0 Å². The van der Waals surface area contributed by atoms with Crippen LogP contribution in [0.25, 0.3) is 133 Å². The third kappa shape index (κ3) is 5.75. The quantitative estimate of drug-likeness (QED) is 0.165. The SMILES string of the molecule is c1ccc(-c2ccc3oc4c(-c5cc(-c6ccnc7c6oc6ccc(-c8ccccc8)cc67)nc(-c6ccnc7c6oc6ccc(-c8ccccc8)cc67)c5)ccnc4c3c2)cc1. The average molecular weight is 809 g/mol. The molecule has 7 heterocycles. The molecule has 0 saturated carbocycles. The minimum absolute atomic E-state index is 0.655. The molecule has 13 rings (SSSR count). The topological polar surface area (TPSA) is 91.0 Å². The smallest absolute Gasteiger partial charge is 0.163 e. The Balaban J connectivity index is 1.03. The van der Waals surface area contributed by atoms with Crippen LogP contribution in [0, 0.1) is 0 Å². The Morgan fingerprint density at radius 3 is 1.02 bits per heavy atom. The van der Waals surface area contributed by atoms with Crippen molar-refractivity contribution in [3.05, 3.63) is 195 Å². The van der Waals surface area contributed by atoms with Gasteiger partial charge in [0.2, 0.25) is 0 Å². The second-order valence-electron chi connectivity index (χ2n) is 15.8. The van der Waals surface area contributed by atoms with E-state index in [1.807, 2.05) is 97.5 Å². The zero-order valence-corrected chi connectivity index (χ0v) is 33.5. The third-order valence-electron chi connectivity index (χ3n) is 12.1. The van der Waals surface area contributed by atoms with Crippen LogP contribution in [0.2, 0.25) is 0 Å². The molecule has 0 unspecified atom stereocenters. The highest BCUT2D eigenvalue weighted by Gasteiger charge is 2.22. The monoisotopic (exact) mass is 808 g/mol. The number of rotatable bonds is 6. The zero-order chi connectivity index (χ0) is 41.4. The van der Waals surface area contributed by atoms with Crippen LogP contribution in [0.15, 0.2) is 208 Å². The van der Waals surface area contributed by atoms with E-state index in [0.717, 1.165) is 105 Å². The van der Waals surface area contributed by atoms with E-state index in [-0.39, 0.29) is 0 Å². The summed E-state index contributed by atoms with van der Waals surface area (Å²) < 4.78 is 20.0. The molecule has 63 heavy (non-hydrogen) atoms. The van der Waals surface area contributed by atoms with Gasteiger partial charge in [-0.15, -0.1) is 0 Å². The van der Waals surface area contributed by atoms with Gasteiger partial charge in [0.25, 0.3) is 0 Å². The summed E-state index contributed by atoms with van der Waals surface area (Å²) in [6.45, 7) is 0. The van der Waals surface area contributed by atoms with Crippen LogP contribution in [0.5, 0.6) is 0 Å². The molecule has 0 atom stereocenters. The summed E-state index contributed by atoms with van der Waals surface area (Å²) >= 11 is 0. The molecule has 0 amide bonds. The molecule has 0 aliphatic rings. The molecule has 0 N–H and O–H groups in total. The Kier molecular flexibility index (Phi) is 7.77. The number of benzene rings is 6. The Morgan fingerprint density at radius 1 is 0.286 bits per heavy atom. The van der Waals surface area contributed by atoms with E-state index >= 15 is 0 Å². The van der Waals surface area contributed by atoms with Crippen molar-refractivity contribution in [2.24, 2.45) is 0 Å². The molecule has 0 aliphatic carbocycles. The van der Waals surface area contributed by atoms with Gasteiger partial charge in [-0.05, 0) is 106 Å². The number of nitrogens with zero attached hydrogens (tertiary/aromatic N) is 4. The molecule has 0 spiro atoms. The molecule has 0 radical (unpaired) electrons. The molecule has 7 nitrogen and oxygen atoms in total. The van der Waals surface area contributed by atoms with Crippen molar-refractivity contribution < 1.29 is 13.3 Å². The molecule has 6 aromatic carbocycles. The summed E-state index contributed by atoms with van der Waals surface area (Å²) in [6.07, 6.45) is 5.51. The lowest BCUT2D eigenvalue weighted by Gasteiger charge is -2.11. The lowest BCUT2D eigenvalue weighted by atomic mass is 9.99. The average Bonchev–Trinajstić information content (AvgIpc) is 4.05. The molecule has 0 saturated heterocycles. The van der Waals surface area contributed by atoms with E-state index < -0.39 is 0 Å². The number of aromatic nitrogens is 4. The van der Waals surface area contributed by atoms with Gasteiger partial charge in [-0.3, -0.25) is 15.0 Å². The Morgan fingerprint density at radius 2 is 0.635 bits per heavy atom. The standard InChI is InChI=1S/C56H32N4O3/c1-4-10-33(11-5-1)36-16-19-48-43(28-36)51-54(61-48)40(22-25-57-51)39-31-46(41-23-26-58-52-44-29-37(34-12-6-2-7-13-34)17-20-49(44)62-55(41)52)60-47(32-39)42-24-27-59-53-45-30-38(35-14-8-3-9-15-35)18-21-50(45)63-56(42)53/h1-32H. The van der Waals surface area contributed by atoms with Gasteiger partial charge in [-0.25, -0.2) is 4.98 Å². The summed E-state index contributed by atoms with van der Waals surface area (Å²) in [5.41, 5.74) is 18.1. The van der Waals surface area contributed by atoms with E-state index in [9.17, 15) is 0 Å². The first-order chi connectivity index (χ1) is 31.2. The van der Waals surface area contributed by atoms with Gasteiger partial charge in [0.05, 0.1) is 11.4 Å². The van der Waals surface area contributed by atoms with E-state index in [1.54, 1.807) is 0 Å². The molecular weight excluding hydrogens is 777 g/mol. The highest BCUT2D eigenvalue weighted by Crippen LogP contribution is 2.43. The van der Waals surface area contributed by atoms with Crippen molar-refractivity contribution in [3.63, 3.8) is 0 Å². The molecule has 7 heteroatoms. The fraction of sp³-hybridized carbons (Fsp3) is 0. The predicted molar refractivity (Wildman–Crippen MR) is 252 cm³/mol. The van der Waals surface area contributed by atoms with Gasteiger partial charge >= 0.3 is 0 Å². The minimum atomic E-state index is 0.655. The molecule has 294 valence electrons. The Bertz CT molecular complexity index is 3490. The third-order valence-corrected chi connectivity index (χ3v) is 12.1. The van der Waals surface area contributed by atoms with Gasteiger partial charge in [-0.2, -0.15) is 0 Å². The fourth-order valence-corrected chi connectivity index (χ4v) is 9.00. The minimum Gasteiger partial charge on any atom is -0.454 e. The molecule has 13 aromatic rings. The maximum Gasteiger partial charge on any atom is 0.163 e. The summed E-state index contributed by atoms with van der Waals surface area (Å²) in [5.74, 6) is 0. The molecule has 7 aromatic heterocycles. The van der Waals surface area contributed by atoms with Crippen molar-refractivity contribution in [2.75, 3.05) is 0 Å². The van der Waals surface area contributed by atoms with E-state index in [1.165, 1.54) is 0 Å². The maximum absolute atomic E-state index is 6.70. The highest BCUT2D eigenvalue weighted by atomic mass is 16.3. The first-order valence-corrected chi connectivity index (χ1v) is 20.8. The van der Waals surface area contributed by atoms with Gasteiger partial charge in [0.1, 0.15) is 33.3 Å². The first-order valence-electron chi connectivity index (χ1n) is 20.8. The van der Waals surface area contributed by atoms with Crippen molar-refractivity contribution in [1.82, 2.24) is 19.9 Å². The van der Waals surface area contributed by atoms with Crippen LogP contribution in [0.1, 0.15) is 0 Å².